The van der Waals surface area contributed by atoms with Crippen molar-refractivity contribution in [3.63, 3.8) is 0 Å². The minimum absolute atomic E-state index is 0.173. The fraction of sp³-hybridized carbons (Fsp3) is 0.438. The van der Waals surface area contributed by atoms with Gasteiger partial charge in [-0.1, -0.05) is 24.3 Å². The number of thioether (sulfide) groups is 1. The van der Waals surface area contributed by atoms with Crippen LogP contribution in [0, 0.1) is 6.92 Å². The van der Waals surface area contributed by atoms with Crippen molar-refractivity contribution >= 4 is 49.8 Å². The lowest BCUT2D eigenvalue weighted by molar-refractivity contribution is -0.670. The van der Waals surface area contributed by atoms with Gasteiger partial charge in [0.15, 0.2) is 6.54 Å². The molecule has 1 N–H and O–H groups in total. The Morgan fingerprint density at radius 2 is 2.12 bits per heavy atom. The highest BCUT2D eigenvalue weighted by atomic mass is 32.3. The van der Waals surface area contributed by atoms with Crippen LogP contribution in [0.5, 0.6) is 0 Å². The van der Waals surface area contributed by atoms with Gasteiger partial charge in [-0.05, 0) is 36.1 Å². The molecular formula is C16H23NO5S3. The number of aromatic nitrogens is 1. The normalized spacial score (nSPS) is 12.2. The maximum atomic E-state index is 9.30. The maximum Gasteiger partial charge on any atom is 0.263 e. The van der Waals surface area contributed by atoms with Crippen LogP contribution in [0.15, 0.2) is 23.1 Å². The molecular weight excluding hydrogens is 382 g/mol. The zero-order valence-electron chi connectivity index (χ0n) is 14.7. The molecule has 1 heterocycles. The maximum absolute atomic E-state index is 9.30. The van der Waals surface area contributed by atoms with Crippen molar-refractivity contribution in [2.24, 2.45) is 0 Å². The van der Waals surface area contributed by atoms with Crippen LogP contribution < -0.4 is 4.57 Å². The van der Waals surface area contributed by atoms with E-state index in [0.717, 1.165) is 13.5 Å². The molecule has 0 saturated carbocycles. The number of aryl methyl sites for hydroxylation is 1. The summed E-state index contributed by atoms with van der Waals surface area (Å²) in [4.78, 5) is 1.37. The molecule has 0 aliphatic carbocycles. The van der Waals surface area contributed by atoms with Crippen molar-refractivity contribution in [1.29, 1.82) is 0 Å². The fourth-order valence-corrected chi connectivity index (χ4v) is 3.82. The van der Waals surface area contributed by atoms with Crippen molar-refractivity contribution in [2.75, 3.05) is 20.0 Å². The standard InChI is InChI=1S/C15H20NOS2.CH4O4S/c1-4-12(18-3)10-15-16(7-8-17)13-9-11(2)5-6-14(13)19-15;1-5-6(2,3)4/h5-6,9-10,17H,4,7-8H2,1-3H3;1H3,(H,2,3,4)/q+1;/p-1. The van der Waals surface area contributed by atoms with Gasteiger partial charge in [-0.2, -0.15) is 4.57 Å². The Bertz CT molecular complexity index is 822. The average Bonchev–Trinajstić information content (AvgIpc) is 2.90. The molecule has 25 heavy (non-hydrogen) atoms. The molecule has 140 valence electrons. The van der Waals surface area contributed by atoms with Crippen LogP contribution in [0.2, 0.25) is 0 Å². The Hall–Kier alpha value is -0.970. The largest absolute Gasteiger partial charge is 0.726 e. The highest BCUT2D eigenvalue weighted by molar-refractivity contribution is 8.02. The van der Waals surface area contributed by atoms with Gasteiger partial charge in [0.25, 0.3) is 5.01 Å². The summed E-state index contributed by atoms with van der Waals surface area (Å²) in [7, 11) is -3.60. The number of nitrogens with zero attached hydrogens (tertiary/aromatic N) is 1. The second-order valence-corrected chi connectivity index (χ2v) is 8.17. The minimum Gasteiger partial charge on any atom is -0.726 e. The lowest BCUT2D eigenvalue weighted by atomic mass is 10.2. The van der Waals surface area contributed by atoms with Crippen LogP contribution in [0.25, 0.3) is 16.3 Å². The molecule has 0 saturated heterocycles. The first-order valence-corrected chi connectivity index (χ1v) is 10.9. The van der Waals surface area contributed by atoms with E-state index in [0.29, 0.717) is 6.54 Å². The molecule has 1 aromatic heterocycles. The third-order valence-corrected chi connectivity index (χ3v) is 5.76. The predicted molar refractivity (Wildman–Crippen MR) is 102 cm³/mol. The number of fused-ring (bicyclic) bond motifs is 1. The molecule has 6 nitrogen and oxygen atoms in total. The van der Waals surface area contributed by atoms with E-state index in [1.54, 1.807) is 23.1 Å². The second-order valence-electron chi connectivity index (χ2n) is 5.03. The van der Waals surface area contributed by atoms with Crippen LogP contribution in [-0.2, 0) is 21.1 Å². The highest BCUT2D eigenvalue weighted by Crippen LogP contribution is 2.26. The van der Waals surface area contributed by atoms with E-state index < -0.39 is 10.4 Å². The molecule has 0 aliphatic rings. The van der Waals surface area contributed by atoms with E-state index in [2.05, 4.69) is 53.1 Å². The number of thiazole rings is 1. The van der Waals surface area contributed by atoms with E-state index >= 15 is 0 Å². The molecule has 0 spiro atoms. The van der Waals surface area contributed by atoms with Gasteiger partial charge in [0.1, 0.15) is 11.3 Å². The lowest BCUT2D eigenvalue weighted by Crippen LogP contribution is -2.36. The van der Waals surface area contributed by atoms with Gasteiger partial charge in [0.2, 0.25) is 15.9 Å². The van der Waals surface area contributed by atoms with Crippen molar-refractivity contribution < 1.29 is 26.8 Å². The predicted octanol–water partition coefficient (Wildman–Crippen LogP) is 2.70. The summed E-state index contributed by atoms with van der Waals surface area (Å²) in [6.45, 7) is 5.11. The molecule has 0 radical (unpaired) electrons. The minimum atomic E-state index is -4.41. The van der Waals surface area contributed by atoms with Gasteiger partial charge in [0.05, 0.1) is 7.11 Å². The highest BCUT2D eigenvalue weighted by Gasteiger charge is 2.18. The van der Waals surface area contributed by atoms with Crippen molar-refractivity contribution in [2.45, 2.75) is 26.8 Å². The smallest absolute Gasteiger partial charge is 0.263 e. The summed E-state index contributed by atoms with van der Waals surface area (Å²) in [5.41, 5.74) is 2.48. The van der Waals surface area contributed by atoms with Crippen molar-refractivity contribution in [3.05, 3.63) is 33.7 Å². The van der Waals surface area contributed by atoms with Gasteiger partial charge in [-0.3, -0.25) is 4.18 Å². The quantitative estimate of drug-likeness (QED) is 0.451. The van der Waals surface area contributed by atoms with Gasteiger partial charge in [0, 0.05) is 12.1 Å². The van der Waals surface area contributed by atoms with Crippen molar-refractivity contribution in [3.8, 4) is 0 Å². The van der Waals surface area contributed by atoms with Crippen LogP contribution in [0.1, 0.15) is 23.9 Å². The number of allylic oxidation sites excluding steroid dienone is 1. The monoisotopic (exact) mass is 405 g/mol. The summed E-state index contributed by atoms with van der Waals surface area (Å²) in [5.74, 6) is 0. The van der Waals surface area contributed by atoms with Gasteiger partial charge < -0.3 is 9.66 Å². The van der Waals surface area contributed by atoms with Gasteiger partial charge >= 0.3 is 0 Å². The van der Waals surface area contributed by atoms with E-state index in [9.17, 15) is 18.1 Å². The summed E-state index contributed by atoms with van der Waals surface area (Å²) in [6, 6.07) is 6.51. The molecule has 0 amide bonds. The lowest BCUT2D eigenvalue weighted by Gasteiger charge is -1.98. The number of hydrogen-bond acceptors (Lipinski definition) is 7. The molecule has 0 fully saturated rings. The van der Waals surface area contributed by atoms with E-state index in [1.165, 1.54) is 25.7 Å². The summed E-state index contributed by atoms with van der Waals surface area (Å²) < 4.78 is 34.5. The van der Waals surface area contributed by atoms with Gasteiger partial charge in [-0.15, -0.1) is 11.8 Å². The Morgan fingerprint density at radius 1 is 1.48 bits per heavy atom. The third kappa shape index (κ3) is 7.04. The van der Waals surface area contributed by atoms with Crippen molar-refractivity contribution in [1.82, 2.24) is 0 Å². The number of hydrogen-bond donors (Lipinski definition) is 1. The number of aliphatic hydroxyl groups excluding tert-OH is 1. The Labute approximate surface area is 157 Å². The first-order valence-electron chi connectivity index (χ1n) is 7.55. The van der Waals surface area contributed by atoms with Crippen LogP contribution >= 0.6 is 23.1 Å². The third-order valence-electron chi connectivity index (χ3n) is 3.31. The molecule has 1 aromatic carbocycles. The fourth-order valence-electron chi connectivity index (χ4n) is 2.09. The molecule has 0 atom stereocenters. The SMILES string of the molecule is CCC(=Cc1sc2ccc(C)cc2[n+]1CCO)SC.COS(=O)(=O)[O-]. The first-order chi connectivity index (χ1) is 11.8. The summed E-state index contributed by atoms with van der Waals surface area (Å²) in [6.07, 6.45) is 5.41. The number of benzene rings is 1. The molecule has 0 bridgehead atoms. The van der Waals surface area contributed by atoms with Crippen LogP contribution in [0.4, 0.5) is 0 Å². The van der Waals surface area contributed by atoms with E-state index in [4.69, 9.17) is 0 Å². The molecule has 0 unspecified atom stereocenters. The number of aliphatic hydroxyl groups is 1. The van der Waals surface area contributed by atoms with E-state index in [-0.39, 0.29) is 6.61 Å². The zero-order valence-corrected chi connectivity index (χ0v) is 17.1. The second kappa shape index (κ2) is 10.2. The van der Waals surface area contributed by atoms with Gasteiger partial charge in [-0.25, -0.2) is 8.42 Å². The zero-order chi connectivity index (χ0) is 19.0. The Kier molecular flexibility index (Phi) is 9.04. The molecule has 2 aromatic rings. The number of rotatable bonds is 6. The molecule has 2 rings (SSSR count). The summed E-state index contributed by atoms with van der Waals surface area (Å²) in [5, 5.41) is 10.5. The topological polar surface area (TPSA) is 90.5 Å². The van der Waals surface area contributed by atoms with Crippen LogP contribution in [-0.4, -0.2) is 38.0 Å². The molecule has 0 aliphatic heterocycles. The summed E-state index contributed by atoms with van der Waals surface area (Å²) >= 11 is 3.59. The van der Waals surface area contributed by atoms with E-state index in [1.807, 2.05) is 0 Å². The first kappa shape index (κ1) is 22.1. The van der Waals surface area contributed by atoms with Crippen LogP contribution in [0.3, 0.4) is 0 Å². The average molecular weight is 406 g/mol. The Balaban J connectivity index is 0.000000450. The Morgan fingerprint density at radius 3 is 2.60 bits per heavy atom. The molecule has 9 heteroatoms.